The normalized spacial score (nSPS) is 21.1. The van der Waals surface area contributed by atoms with Crippen LogP contribution < -0.4 is 0 Å². The van der Waals surface area contributed by atoms with Crippen LogP contribution in [-0.2, 0) is 11.3 Å². The van der Waals surface area contributed by atoms with Gasteiger partial charge < -0.3 is 4.74 Å². The molecule has 0 bridgehead atoms. The molecule has 0 radical (unpaired) electrons. The molecule has 1 atom stereocenters. The summed E-state index contributed by atoms with van der Waals surface area (Å²) >= 11 is 12.5. The van der Waals surface area contributed by atoms with Crippen LogP contribution in [0, 0.1) is 0 Å². The summed E-state index contributed by atoms with van der Waals surface area (Å²) in [4.78, 5) is 2.38. The molecule has 0 N–H and O–H groups in total. The second-order valence-corrected chi connectivity index (χ2v) is 7.24. The molecule has 1 fully saturated rings. The van der Waals surface area contributed by atoms with Gasteiger partial charge >= 0.3 is 0 Å². The highest BCUT2D eigenvalue weighted by Gasteiger charge is 2.25. The van der Waals surface area contributed by atoms with E-state index in [-0.39, 0.29) is 5.60 Å². The molecule has 2 rings (SSSR count). The van der Waals surface area contributed by atoms with Gasteiger partial charge in [-0.3, -0.25) is 4.90 Å². The predicted molar refractivity (Wildman–Crippen MR) is 85.6 cm³/mol. The standard InChI is InChI=1S/C16H23Cl2NO/c1-16(2,3)20-12-6-5-9-19(10-12)11-13-14(17)7-4-8-15(13)18/h4,7-8,12H,5-6,9-11H2,1-3H3/t12-/m1/s1. The summed E-state index contributed by atoms with van der Waals surface area (Å²) in [6.45, 7) is 9.14. The van der Waals surface area contributed by atoms with Crippen LogP contribution >= 0.6 is 23.2 Å². The van der Waals surface area contributed by atoms with Gasteiger partial charge in [0.1, 0.15) is 0 Å². The van der Waals surface area contributed by atoms with Crippen molar-refractivity contribution in [2.75, 3.05) is 13.1 Å². The Bertz CT molecular complexity index is 436. The number of benzene rings is 1. The Kier molecular flexibility index (Phi) is 5.36. The summed E-state index contributed by atoms with van der Waals surface area (Å²) in [5.41, 5.74) is 0.933. The van der Waals surface area contributed by atoms with Crippen LogP contribution in [0.3, 0.4) is 0 Å². The van der Waals surface area contributed by atoms with Crippen molar-refractivity contribution in [1.82, 2.24) is 4.90 Å². The molecule has 20 heavy (non-hydrogen) atoms. The molecule has 0 saturated carbocycles. The van der Waals surface area contributed by atoms with Gasteiger partial charge in [-0.05, 0) is 52.3 Å². The third kappa shape index (κ3) is 4.63. The number of piperidine rings is 1. The van der Waals surface area contributed by atoms with Gasteiger partial charge in [0.05, 0.1) is 11.7 Å². The van der Waals surface area contributed by atoms with Crippen LogP contribution in [0.5, 0.6) is 0 Å². The monoisotopic (exact) mass is 315 g/mol. The highest BCUT2D eigenvalue weighted by atomic mass is 35.5. The zero-order chi connectivity index (χ0) is 14.8. The highest BCUT2D eigenvalue weighted by molar-refractivity contribution is 6.35. The van der Waals surface area contributed by atoms with Crippen LogP contribution in [0.2, 0.25) is 10.0 Å². The molecule has 2 nitrogen and oxygen atoms in total. The van der Waals surface area contributed by atoms with Crippen molar-refractivity contribution in [2.24, 2.45) is 0 Å². The van der Waals surface area contributed by atoms with Crippen LogP contribution in [0.1, 0.15) is 39.2 Å². The Morgan fingerprint density at radius 2 is 1.90 bits per heavy atom. The maximum atomic E-state index is 6.25. The lowest BCUT2D eigenvalue weighted by Gasteiger charge is -2.36. The van der Waals surface area contributed by atoms with Crippen molar-refractivity contribution in [3.63, 3.8) is 0 Å². The summed E-state index contributed by atoms with van der Waals surface area (Å²) in [6.07, 6.45) is 2.58. The van der Waals surface area contributed by atoms with Gasteiger partial charge in [0.15, 0.2) is 0 Å². The van der Waals surface area contributed by atoms with E-state index < -0.39 is 0 Å². The number of likely N-dealkylation sites (tertiary alicyclic amines) is 1. The first-order valence-corrected chi connectivity index (χ1v) is 7.94. The fourth-order valence-electron chi connectivity index (χ4n) is 2.66. The summed E-state index contributed by atoms with van der Waals surface area (Å²) in [5.74, 6) is 0. The molecule has 1 aromatic rings. The molecule has 0 aromatic heterocycles. The molecule has 0 spiro atoms. The van der Waals surface area contributed by atoms with E-state index >= 15 is 0 Å². The fourth-order valence-corrected chi connectivity index (χ4v) is 3.18. The van der Waals surface area contributed by atoms with Crippen molar-refractivity contribution >= 4 is 23.2 Å². The number of hydrogen-bond donors (Lipinski definition) is 0. The molecular formula is C16H23Cl2NO. The molecule has 0 unspecified atom stereocenters. The van der Waals surface area contributed by atoms with Gasteiger partial charge in [-0.25, -0.2) is 0 Å². The minimum absolute atomic E-state index is 0.0876. The smallest absolute Gasteiger partial charge is 0.0709 e. The lowest BCUT2D eigenvalue weighted by molar-refractivity contribution is -0.0872. The van der Waals surface area contributed by atoms with E-state index in [1.807, 2.05) is 18.2 Å². The highest BCUT2D eigenvalue weighted by Crippen LogP contribution is 2.27. The Hall–Kier alpha value is -0.280. The maximum Gasteiger partial charge on any atom is 0.0709 e. The predicted octanol–water partition coefficient (Wildman–Crippen LogP) is 4.77. The molecule has 1 aromatic carbocycles. The van der Waals surface area contributed by atoms with E-state index in [0.717, 1.165) is 48.1 Å². The lowest BCUT2D eigenvalue weighted by Crippen LogP contribution is -2.42. The van der Waals surface area contributed by atoms with Gasteiger partial charge in [-0.15, -0.1) is 0 Å². The molecule has 4 heteroatoms. The minimum atomic E-state index is -0.0876. The summed E-state index contributed by atoms with van der Waals surface area (Å²) in [7, 11) is 0. The Labute approximate surface area is 132 Å². The van der Waals surface area contributed by atoms with Gasteiger partial charge in [0, 0.05) is 28.7 Å². The summed E-state index contributed by atoms with van der Waals surface area (Å²) < 4.78 is 6.10. The second kappa shape index (κ2) is 6.65. The SMILES string of the molecule is CC(C)(C)O[C@@H]1CCCN(Cc2c(Cl)cccc2Cl)C1. The van der Waals surface area contributed by atoms with Crippen LogP contribution in [-0.4, -0.2) is 29.7 Å². The van der Waals surface area contributed by atoms with Crippen LogP contribution in [0.4, 0.5) is 0 Å². The molecular weight excluding hydrogens is 293 g/mol. The van der Waals surface area contributed by atoms with E-state index in [0.29, 0.717) is 6.10 Å². The summed E-state index contributed by atoms with van der Waals surface area (Å²) in [6, 6.07) is 5.68. The molecule has 1 aliphatic rings. The largest absolute Gasteiger partial charge is 0.371 e. The fraction of sp³-hybridized carbons (Fsp3) is 0.625. The van der Waals surface area contributed by atoms with Gasteiger partial charge in [0.2, 0.25) is 0 Å². The Balaban J connectivity index is 1.99. The average Bonchev–Trinajstić information content (AvgIpc) is 2.32. The maximum absolute atomic E-state index is 6.25. The molecule has 1 saturated heterocycles. The number of halogens is 2. The zero-order valence-electron chi connectivity index (χ0n) is 12.5. The van der Waals surface area contributed by atoms with E-state index in [1.165, 1.54) is 0 Å². The van der Waals surface area contributed by atoms with Crippen molar-refractivity contribution < 1.29 is 4.74 Å². The molecule has 0 aliphatic carbocycles. The van der Waals surface area contributed by atoms with Gasteiger partial charge in [0.25, 0.3) is 0 Å². The number of nitrogens with zero attached hydrogens (tertiary/aromatic N) is 1. The molecule has 1 aliphatic heterocycles. The minimum Gasteiger partial charge on any atom is -0.371 e. The van der Waals surface area contributed by atoms with Crippen molar-refractivity contribution in [3.05, 3.63) is 33.8 Å². The Morgan fingerprint density at radius 1 is 1.25 bits per heavy atom. The zero-order valence-corrected chi connectivity index (χ0v) is 14.0. The average molecular weight is 316 g/mol. The van der Waals surface area contributed by atoms with Gasteiger partial charge in [-0.2, -0.15) is 0 Å². The number of ether oxygens (including phenoxy) is 1. The van der Waals surface area contributed by atoms with E-state index in [2.05, 4.69) is 25.7 Å². The molecule has 0 amide bonds. The second-order valence-electron chi connectivity index (χ2n) is 6.43. The van der Waals surface area contributed by atoms with Crippen molar-refractivity contribution in [1.29, 1.82) is 0 Å². The van der Waals surface area contributed by atoms with E-state index in [4.69, 9.17) is 27.9 Å². The van der Waals surface area contributed by atoms with Crippen molar-refractivity contribution in [2.45, 2.75) is 51.9 Å². The summed E-state index contributed by atoms with van der Waals surface area (Å²) in [5, 5.41) is 1.49. The molecule has 112 valence electrons. The quantitative estimate of drug-likeness (QED) is 0.796. The lowest BCUT2D eigenvalue weighted by atomic mass is 10.1. The first kappa shape index (κ1) is 16.1. The number of hydrogen-bond acceptors (Lipinski definition) is 2. The molecule has 1 heterocycles. The first-order valence-electron chi connectivity index (χ1n) is 7.18. The topological polar surface area (TPSA) is 12.5 Å². The van der Waals surface area contributed by atoms with Crippen LogP contribution in [0.25, 0.3) is 0 Å². The Morgan fingerprint density at radius 3 is 2.50 bits per heavy atom. The third-order valence-electron chi connectivity index (χ3n) is 3.43. The number of rotatable bonds is 3. The third-order valence-corrected chi connectivity index (χ3v) is 4.13. The first-order chi connectivity index (χ1) is 9.35. The van der Waals surface area contributed by atoms with E-state index in [1.54, 1.807) is 0 Å². The van der Waals surface area contributed by atoms with E-state index in [9.17, 15) is 0 Å². The van der Waals surface area contributed by atoms with Crippen LogP contribution in [0.15, 0.2) is 18.2 Å². The van der Waals surface area contributed by atoms with Crippen molar-refractivity contribution in [3.8, 4) is 0 Å². The van der Waals surface area contributed by atoms with Gasteiger partial charge in [-0.1, -0.05) is 29.3 Å².